The zero-order chi connectivity index (χ0) is 13.2. The molecule has 1 N–H and O–H groups in total. The fourth-order valence-corrected chi connectivity index (χ4v) is 2.10. The number of hydrogen-bond acceptors (Lipinski definition) is 3. The van der Waals surface area contributed by atoms with Crippen molar-refractivity contribution in [1.29, 1.82) is 0 Å². The second kappa shape index (κ2) is 5.23. The minimum atomic E-state index is 0.683. The number of nitrogens with one attached hydrogen (secondary N) is 1. The quantitative estimate of drug-likeness (QED) is 0.913. The first-order valence-corrected chi connectivity index (χ1v) is 6.77. The Labute approximate surface area is 117 Å². The Kier molecular flexibility index (Phi) is 3.44. The van der Waals surface area contributed by atoms with E-state index in [1.807, 2.05) is 31.4 Å². The first kappa shape index (κ1) is 12.5. The molecular weight excluding hydrogens is 262 g/mol. The van der Waals surface area contributed by atoms with Crippen LogP contribution < -0.4 is 10.1 Å². The molecule has 1 saturated carbocycles. The van der Waals surface area contributed by atoms with Crippen LogP contribution in [0.15, 0.2) is 30.6 Å². The first-order chi connectivity index (χ1) is 9.20. The predicted molar refractivity (Wildman–Crippen MR) is 74.6 cm³/mol. The fourth-order valence-electron chi connectivity index (χ4n) is 1.86. The molecule has 1 aromatic heterocycles. The molecule has 0 bridgehead atoms. The van der Waals surface area contributed by atoms with Crippen LogP contribution in [0, 0.1) is 0 Å². The van der Waals surface area contributed by atoms with Crippen LogP contribution in [0.4, 0.5) is 0 Å². The third-order valence-electron chi connectivity index (χ3n) is 3.10. The predicted octanol–water partition coefficient (Wildman–Crippen LogP) is 3.12. The van der Waals surface area contributed by atoms with Crippen LogP contribution in [-0.2, 0) is 13.6 Å². The molecule has 19 heavy (non-hydrogen) atoms. The van der Waals surface area contributed by atoms with Crippen molar-refractivity contribution >= 4 is 11.6 Å². The van der Waals surface area contributed by atoms with Gasteiger partial charge in [-0.15, -0.1) is 0 Å². The van der Waals surface area contributed by atoms with Crippen LogP contribution in [0.25, 0.3) is 0 Å². The molecule has 0 radical (unpaired) electrons. The summed E-state index contributed by atoms with van der Waals surface area (Å²) in [7, 11) is 1.85. The summed E-state index contributed by atoms with van der Waals surface area (Å²) in [5, 5.41) is 8.24. The van der Waals surface area contributed by atoms with Crippen molar-refractivity contribution in [3.05, 3.63) is 41.2 Å². The number of aromatic nitrogens is 2. The minimum absolute atomic E-state index is 0.683. The van der Waals surface area contributed by atoms with E-state index < -0.39 is 0 Å². The van der Waals surface area contributed by atoms with Gasteiger partial charge in [0.15, 0.2) is 5.75 Å². The molecule has 1 fully saturated rings. The summed E-state index contributed by atoms with van der Waals surface area (Å²) in [6.45, 7) is 0.816. The van der Waals surface area contributed by atoms with Gasteiger partial charge < -0.3 is 10.1 Å². The highest BCUT2D eigenvalue weighted by molar-refractivity contribution is 6.31. The smallest absolute Gasteiger partial charge is 0.165 e. The van der Waals surface area contributed by atoms with E-state index in [1.54, 1.807) is 10.9 Å². The van der Waals surface area contributed by atoms with Crippen molar-refractivity contribution in [2.24, 2.45) is 7.05 Å². The van der Waals surface area contributed by atoms with E-state index in [0.29, 0.717) is 11.8 Å². The van der Waals surface area contributed by atoms with Gasteiger partial charge in [-0.25, -0.2) is 0 Å². The lowest BCUT2D eigenvalue weighted by molar-refractivity contribution is 0.481. The zero-order valence-corrected chi connectivity index (χ0v) is 11.5. The average molecular weight is 278 g/mol. The number of benzene rings is 1. The van der Waals surface area contributed by atoms with Gasteiger partial charge in [0, 0.05) is 24.7 Å². The standard InChI is InChI=1S/C14H16ClN3O/c1-18-9-13(8-17-18)19-12-5-2-10(14(15)6-12)7-16-11-3-4-11/h2,5-6,8-9,11,16H,3-4,7H2,1H3. The maximum Gasteiger partial charge on any atom is 0.165 e. The molecule has 1 aliphatic rings. The van der Waals surface area contributed by atoms with Gasteiger partial charge in [0.1, 0.15) is 5.75 Å². The van der Waals surface area contributed by atoms with Crippen LogP contribution in [0.2, 0.25) is 5.02 Å². The van der Waals surface area contributed by atoms with Gasteiger partial charge in [0.2, 0.25) is 0 Å². The van der Waals surface area contributed by atoms with Gasteiger partial charge in [0.25, 0.3) is 0 Å². The van der Waals surface area contributed by atoms with Gasteiger partial charge >= 0.3 is 0 Å². The number of halogens is 1. The monoisotopic (exact) mass is 277 g/mol. The van der Waals surface area contributed by atoms with Gasteiger partial charge in [-0.05, 0) is 30.5 Å². The van der Waals surface area contributed by atoms with Crippen LogP contribution in [0.1, 0.15) is 18.4 Å². The van der Waals surface area contributed by atoms with Crippen LogP contribution in [-0.4, -0.2) is 15.8 Å². The molecule has 1 aliphatic carbocycles. The molecule has 4 nitrogen and oxygen atoms in total. The third-order valence-corrected chi connectivity index (χ3v) is 3.45. The lowest BCUT2D eigenvalue weighted by Gasteiger charge is -2.08. The molecule has 5 heteroatoms. The van der Waals surface area contributed by atoms with Gasteiger partial charge in [-0.1, -0.05) is 17.7 Å². The number of rotatable bonds is 5. The fraction of sp³-hybridized carbons (Fsp3) is 0.357. The summed E-state index contributed by atoms with van der Waals surface area (Å²) in [5.41, 5.74) is 1.10. The van der Waals surface area contributed by atoms with E-state index in [0.717, 1.165) is 22.9 Å². The summed E-state index contributed by atoms with van der Waals surface area (Å²) >= 11 is 6.26. The van der Waals surface area contributed by atoms with E-state index >= 15 is 0 Å². The van der Waals surface area contributed by atoms with Gasteiger partial charge in [-0.3, -0.25) is 4.68 Å². The molecule has 3 rings (SSSR count). The maximum atomic E-state index is 6.26. The van der Waals surface area contributed by atoms with E-state index in [4.69, 9.17) is 16.3 Å². The van der Waals surface area contributed by atoms with Gasteiger partial charge in [-0.2, -0.15) is 5.10 Å². The highest BCUT2D eigenvalue weighted by Crippen LogP contribution is 2.27. The lowest BCUT2D eigenvalue weighted by atomic mass is 10.2. The first-order valence-electron chi connectivity index (χ1n) is 6.39. The highest BCUT2D eigenvalue weighted by Gasteiger charge is 2.20. The summed E-state index contributed by atoms with van der Waals surface area (Å²) in [6, 6.07) is 6.47. The summed E-state index contributed by atoms with van der Waals surface area (Å²) in [5.74, 6) is 1.44. The summed E-state index contributed by atoms with van der Waals surface area (Å²) in [6.07, 6.45) is 6.05. The summed E-state index contributed by atoms with van der Waals surface area (Å²) in [4.78, 5) is 0. The van der Waals surface area contributed by atoms with E-state index in [1.165, 1.54) is 12.8 Å². The second-order valence-electron chi connectivity index (χ2n) is 4.86. The van der Waals surface area contributed by atoms with Crippen molar-refractivity contribution in [1.82, 2.24) is 15.1 Å². The Morgan fingerprint density at radius 3 is 2.89 bits per heavy atom. The maximum absolute atomic E-state index is 6.26. The van der Waals surface area contributed by atoms with Crippen LogP contribution >= 0.6 is 11.6 Å². The van der Waals surface area contributed by atoms with Crippen molar-refractivity contribution in [3.63, 3.8) is 0 Å². The molecule has 1 aromatic carbocycles. The zero-order valence-electron chi connectivity index (χ0n) is 10.8. The van der Waals surface area contributed by atoms with Gasteiger partial charge in [0.05, 0.1) is 12.4 Å². The third kappa shape index (κ3) is 3.28. The minimum Gasteiger partial charge on any atom is -0.454 e. The molecule has 0 aliphatic heterocycles. The highest BCUT2D eigenvalue weighted by atomic mass is 35.5. The number of aryl methyl sites for hydroxylation is 1. The van der Waals surface area contributed by atoms with E-state index in [2.05, 4.69) is 10.4 Å². The normalized spacial score (nSPS) is 14.6. The number of nitrogens with zero attached hydrogens (tertiary/aromatic N) is 2. The number of ether oxygens (including phenoxy) is 1. The Hall–Kier alpha value is -1.52. The Morgan fingerprint density at radius 1 is 1.42 bits per heavy atom. The SMILES string of the molecule is Cn1cc(Oc2ccc(CNC3CC3)c(Cl)c2)cn1. The molecular formula is C14H16ClN3O. The topological polar surface area (TPSA) is 39.1 Å². The Balaban J connectivity index is 1.67. The molecule has 1 heterocycles. The molecule has 0 saturated heterocycles. The summed E-state index contributed by atoms with van der Waals surface area (Å²) < 4.78 is 7.38. The largest absolute Gasteiger partial charge is 0.454 e. The second-order valence-corrected chi connectivity index (χ2v) is 5.27. The average Bonchev–Trinajstić information content (AvgIpc) is 3.12. The van der Waals surface area contributed by atoms with E-state index in [-0.39, 0.29) is 0 Å². The molecule has 2 aromatic rings. The van der Waals surface area contributed by atoms with Crippen LogP contribution in [0.5, 0.6) is 11.5 Å². The van der Waals surface area contributed by atoms with Crippen LogP contribution in [0.3, 0.4) is 0 Å². The number of hydrogen-bond donors (Lipinski definition) is 1. The van der Waals surface area contributed by atoms with Crippen molar-refractivity contribution in [3.8, 4) is 11.5 Å². The molecule has 0 amide bonds. The molecule has 0 unspecified atom stereocenters. The van der Waals surface area contributed by atoms with Crippen molar-refractivity contribution in [2.75, 3.05) is 0 Å². The van der Waals surface area contributed by atoms with E-state index in [9.17, 15) is 0 Å². The Morgan fingerprint density at radius 2 is 2.26 bits per heavy atom. The van der Waals surface area contributed by atoms with Crippen molar-refractivity contribution < 1.29 is 4.74 Å². The molecule has 100 valence electrons. The van der Waals surface area contributed by atoms with Crippen molar-refractivity contribution in [2.45, 2.75) is 25.4 Å². The lowest BCUT2D eigenvalue weighted by Crippen LogP contribution is -2.15. The Bertz CT molecular complexity index is 578. The molecule has 0 atom stereocenters. The molecule has 0 spiro atoms.